The molecule has 0 heterocycles. The molecule has 0 fully saturated rings. The van der Waals surface area contributed by atoms with Crippen molar-refractivity contribution in [3.63, 3.8) is 0 Å². The lowest BCUT2D eigenvalue weighted by Gasteiger charge is -2.07. The molecule has 0 aliphatic rings. The molecular formula is C22H29N3O2. The molecule has 0 unspecified atom stereocenters. The number of carbonyl (C=O) groups is 1. The number of guanidine groups is 1. The van der Waals surface area contributed by atoms with Crippen LogP contribution in [0.4, 0.5) is 5.69 Å². The van der Waals surface area contributed by atoms with E-state index in [9.17, 15) is 4.79 Å². The van der Waals surface area contributed by atoms with Crippen LogP contribution in [-0.4, -0.2) is 18.5 Å². The van der Waals surface area contributed by atoms with Crippen LogP contribution in [0.3, 0.4) is 0 Å². The second-order valence-electron chi connectivity index (χ2n) is 6.45. The third-order valence-corrected chi connectivity index (χ3v) is 4.13. The fourth-order valence-corrected chi connectivity index (χ4v) is 2.51. The molecule has 2 aromatic carbocycles. The van der Waals surface area contributed by atoms with Crippen molar-refractivity contribution in [2.75, 3.05) is 6.61 Å². The molecule has 5 nitrogen and oxygen atoms in total. The molecule has 0 aliphatic carbocycles. The van der Waals surface area contributed by atoms with Crippen molar-refractivity contribution in [1.29, 1.82) is 0 Å². The van der Waals surface area contributed by atoms with Crippen LogP contribution in [-0.2, 0) is 6.42 Å². The van der Waals surface area contributed by atoms with Crippen LogP contribution >= 0.6 is 0 Å². The second-order valence-corrected chi connectivity index (χ2v) is 6.45. The van der Waals surface area contributed by atoms with Gasteiger partial charge in [-0.1, -0.05) is 38.8 Å². The Balaban J connectivity index is 1.91. The van der Waals surface area contributed by atoms with E-state index in [1.807, 2.05) is 24.3 Å². The van der Waals surface area contributed by atoms with Gasteiger partial charge in [0.1, 0.15) is 5.75 Å². The summed E-state index contributed by atoms with van der Waals surface area (Å²) >= 11 is 0. The summed E-state index contributed by atoms with van der Waals surface area (Å²) in [4.78, 5) is 16.5. The van der Waals surface area contributed by atoms with Gasteiger partial charge < -0.3 is 10.5 Å². The van der Waals surface area contributed by atoms with Crippen LogP contribution in [0.5, 0.6) is 5.75 Å². The van der Waals surface area contributed by atoms with E-state index in [2.05, 4.69) is 24.2 Å². The highest BCUT2D eigenvalue weighted by Crippen LogP contribution is 2.15. The number of carbonyl (C=O) groups excluding carboxylic acids is 1. The van der Waals surface area contributed by atoms with Crippen LogP contribution in [0, 0.1) is 0 Å². The minimum atomic E-state index is -0.295. The van der Waals surface area contributed by atoms with Gasteiger partial charge in [0.2, 0.25) is 5.96 Å². The van der Waals surface area contributed by atoms with Gasteiger partial charge in [0, 0.05) is 5.56 Å². The monoisotopic (exact) mass is 367 g/mol. The van der Waals surface area contributed by atoms with E-state index in [-0.39, 0.29) is 11.9 Å². The van der Waals surface area contributed by atoms with E-state index in [1.165, 1.54) is 18.4 Å². The average molecular weight is 367 g/mol. The second kappa shape index (κ2) is 11.0. The smallest absolute Gasteiger partial charge is 0.257 e. The summed E-state index contributed by atoms with van der Waals surface area (Å²) in [7, 11) is 0. The number of nitrogens with one attached hydrogen (secondary N) is 1. The van der Waals surface area contributed by atoms with Crippen molar-refractivity contribution >= 4 is 17.6 Å². The first-order valence-electron chi connectivity index (χ1n) is 9.59. The lowest BCUT2D eigenvalue weighted by Crippen LogP contribution is -2.36. The zero-order chi connectivity index (χ0) is 19.5. The molecule has 0 radical (unpaired) electrons. The lowest BCUT2D eigenvalue weighted by molar-refractivity contribution is 0.0976. The molecule has 144 valence electrons. The number of rotatable bonds is 9. The number of amides is 1. The van der Waals surface area contributed by atoms with E-state index in [0.717, 1.165) is 25.0 Å². The molecule has 0 atom stereocenters. The van der Waals surface area contributed by atoms with Crippen LogP contribution < -0.4 is 15.8 Å². The summed E-state index contributed by atoms with van der Waals surface area (Å²) in [6, 6.07) is 14.9. The van der Waals surface area contributed by atoms with E-state index in [4.69, 9.17) is 10.5 Å². The van der Waals surface area contributed by atoms with Gasteiger partial charge in [-0.05, 0) is 61.2 Å². The van der Waals surface area contributed by atoms with Gasteiger partial charge in [-0.15, -0.1) is 0 Å². The Morgan fingerprint density at radius 2 is 1.67 bits per heavy atom. The highest BCUT2D eigenvalue weighted by atomic mass is 16.5. The summed E-state index contributed by atoms with van der Waals surface area (Å²) in [5, 5.41) is 2.61. The number of ether oxygens (including phenoxy) is 1. The van der Waals surface area contributed by atoms with Crippen LogP contribution in [0.25, 0.3) is 0 Å². The Morgan fingerprint density at radius 3 is 2.30 bits per heavy atom. The number of aliphatic imine (C=N–C) groups is 1. The maximum atomic E-state index is 12.3. The molecule has 0 saturated heterocycles. The number of nitrogens with zero attached hydrogens (tertiary/aromatic N) is 1. The van der Waals surface area contributed by atoms with Gasteiger partial charge in [-0.3, -0.25) is 10.1 Å². The predicted molar refractivity (Wildman–Crippen MR) is 111 cm³/mol. The normalized spacial score (nSPS) is 11.3. The van der Waals surface area contributed by atoms with Crippen LogP contribution in [0.2, 0.25) is 0 Å². The summed E-state index contributed by atoms with van der Waals surface area (Å²) in [5.74, 6) is 0.533. The molecule has 2 aromatic rings. The highest BCUT2D eigenvalue weighted by Gasteiger charge is 2.07. The van der Waals surface area contributed by atoms with Gasteiger partial charge in [0.05, 0.1) is 12.3 Å². The van der Waals surface area contributed by atoms with Crippen molar-refractivity contribution in [3.8, 4) is 5.75 Å². The first kappa shape index (κ1) is 20.5. The highest BCUT2D eigenvalue weighted by molar-refractivity contribution is 6.05. The molecule has 5 heteroatoms. The molecule has 1 amide bonds. The van der Waals surface area contributed by atoms with Crippen LogP contribution in [0.1, 0.15) is 55.5 Å². The number of unbranched alkanes of at least 4 members (excludes halogenated alkanes) is 2. The Labute approximate surface area is 161 Å². The van der Waals surface area contributed by atoms with Crippen molar-refractivity contribution in [2.45, 2.75) is 46.0 Å². The summed E-state index contributed by atoms with van der Waals surface area (Å²) < 4.78 is 5.60. The first-order chi connectivity index (χ1) is 13.1. The molecule has 2 rings (SSSR count). The van der Waals surface area contributed by atoms with Crippen LogP contribution in [0.15, 0.2) is 53.5 Å². The lowest BCUT2D eigenvalue weighted by atomic mass is 10.1. The Hall–Kier alpha value is -2.82. The third kappa shape index (κ3) is 7.13. The fraction of sp³-hybridized carbons (Fsp3) is 0.364. The largest absolute Gasteiger partial charge is 0.494 e. The predicted octanol–water partition coefficient (Wildman–Crippen LogP) is 4.58. The SMILES string of the molecule is CCCCOc1ccc(C(=O)NC(N)=Nc2ccc(CCCC)cc2)cc1. The molecule has 0 aromatic heterocycles. The summed E-state index contributed by atoms with van der Waals surface area (Å²) in [5.41, 5.74) is 8.36. The number of benzene rings is 2. The Bertz CT molecular complexity index is 737. The van der Waals surface area contributed by atoms with Gasteiger partial charge in [0.25, 0.3) is 5.91 Å². The first-order valence-corrected chi connectivity index (χ1v) is 9.59. The minimum Gasteiger partial charge on any atom is -0.494 e. The maximum absolute atomic E-state index is 12.3. The Morgan fingerprint density at radius 1 is 1.00 bits per heavy atom. The van der Waals surface area contributed by atoms with E-state index >= 15 is 0 Å². The van der Waals surface area contributed by atoms with Gasteiger partial charge in [-0.2, -0.15) is 0 Å². The molecular weight excluding hydrogens is 338 g/mol. The van der Waals surface area contributed by atoms with E-state index in [1.54, 1.807) is 24.3 Å². The average Bonchev–Trinajstić information content (AvgIpc) is 2.68. The maximum Gasteiger partial charge on any atom is 0.257 e. The Kier molecular flexibility index (Phi) is 8.36. The minimum absolute atomic E-state index is 0.0737. The summed E-state index contributed by atoms with van der Waals surface area (Å²) in [6.07, 6.45) is 5.49. The molecule has 0 spiro atoms. The summed E-state index contributed by atoms with van der Waals surface area (Å²) in [6.45, 7) is 4.97. The quantitative estimate of drug-likeness (QED) is 0.387. The molecule has 0 saturated carbocycles. The van der Waals surface area contributed by atoms with Crippen molar-refractivity contribution in [1.82, 2.24) is 5.32 Å². The topological polar surface area (TPSA) is 76.7 Å². The fourth-order valence-electron chi connectivity index (χ4n) is 2.51. The van der Waals surface area contributed by atoms with Gasteiger partial charge in [0.15, 0.2) is 0 Å². The van der Waals surface area contributed by atoms with E-state index in [0.29, 0.717) is 17.9 Å². The number of aryl methyl sites for hydroxylation is 1. The zero-order valence-corrected chi connectivity index (χ0v) is 16.2. The van der Waals surface area contributed by atoms with Crippen molar-refractivity contribution in [3.05, 3.63) is 59.7 Å². The standard InChI is InChI=1S/C22H29N3O2/c1-3-5-7-17-8-12-19(13-9-17)24-22(23)25-21(26)18-10-14-20(15-11-18)27-16-6-4-2/h8-15H,3-7,16H2,1-2H3,(H3,23,24,25,26). The van der Waals surface area contributed by atoms with Gasteiger partial charge >= 0.3 is 0 Å². The molecule has 0 bridgehead atoms. The zero-order valence-electron chi connectivity index (χ0n) is 16.2. The molecule has 3 N–H and O–H groups in total. The third-order valence-electron chi connectivity index (χ3n) is 4.13. The van der Waals surface area contributed by atoms with Crippen molar-refractivity contribution < 1.29 is 9.53 Å². The number of hydrogen-bond acceptors (Lipinski definition) is 3. The molecule has 0 aliphatic heterocycles. The number of hydrogen-bond donors (Lipinski definition) is 2. The van der Waals surface area contributed by atoms with Gasteiger partial charge in [-0.25, -0.2) is 4.99 Å². The molecule has 27 heavy (non-hydrogen) atoms. The van der Waals surface area contributed by atoms with Crippen molar-refractivity contribution in [2.24, 2.45) is 10.7 Å². The number of nitrogens with two attached hydrogens (primary N) is 1. The van der Waals surface area contributed by atoms with E-state index < -0.39 is 0 Å².